The number of hydrogen-bond acceptors (Lipinski definition) is 5. The molecule has 2 amide bonds. The average Bonchev–Trinajstić information content (AvgIpc) is 3.08. The Labute approximate surface area is 148 Å². The number of piperazine rings is 1. The van der Waals surface area contributed by atoms with Gasteiger partial charge in [-0.1, -0.05) is 12.1 Å². The molecule has 0 saturated carbocycles. The molecule has 0 bridgehead atoms. The molecule has 2 heterocycles. The third-order valence-electron chi connectivity index (χ3n) is 4.75. The lowest BCUT2D eigenvalue weighted by Gasteiger charge is -2.36. The molecule has 138 valence electrons. The van der Waals surface area contributed by atoms with Crippen molar-refractivity contribution in [3.05, 3.63) is 24.3 Å². The van der Waals surface area contributed by atoms with E-state index in [0.717, 1.165) is 24.5 Å². The van der Waals surface area contributed by atoms with E-state index in [1.54, 1.807) is 7.11 Å². The Morgan fingerprint density at radius 2 is 1.88 bits per heavy atom. The number of carbonyl (C=O) groups excluding carboxylic acids is 1. The van der Waals surface area contributed by atoms with Crippen LogP contribution in [0.2, 0.25) is 0 Å². The van der Waals surface area contributed by atoms with Gasteiger partial charge in [0.2, 0.25) is 0 Å². The normalized spacial score (nSPS) is 19.8. The molecule has 2 fully saturated rings. The van der Waals surface area contributed by atoms with Crippen LogP contribution < -0.4 is 15.0 Å². The van der Waals surface area contributed by atoms with E-state index in [1.807, 2.05) is 30.0 Å². The maximum Gasteiger partial charge on any atom is 0.317 e. The average molecular weight is 349 g/mol. The van der Waals surface area contributed by atoms with E-state index in [1.165, 1.54) is 0 Å². The molecule has 7 heteroatoms. The molecule has 0 radical (unpaired) electrons. The van der Waals surface area contributed by atoms with Crippen molar-refractivity contribution < 1.29 is 19.0 Å². The summed E-state index contributed by atoms with van der Waals surface area (Å²) in [5.41, 5.74) is 1.08. The second-order valence-corrected chi connectivity index (χ2v) is 6.46. The van der Waals surface area contributed by atoms with Gasteiger partial charge >= 0.3 is 6.03 Å². The van der Waals surface area contributed by atoms with Crippen molar-refractivity contribution in [2.24, 2.45) is 0 Å². The molecule has 7 nitrogen and oxygen atoms in total. The monoisotopic (exact) mass is 349 g/mol. The lowest BCUT2D eigenvalue weighted by atomic mass is 10.2. The summed E-state index contributed by atoms with van der Waals surface area (Å²) in [4.78, 5) is 16.4. The van der Waals surface area contributed by atoms with Gasteiger partial charge in [0.25, 0.3) is 0 Å². The van der Waals surface area contributed by atoms with E-state index in [0.29, 0.717) is 39.3 Å². The zero-order valence-electron chi connectivity index (χ0n) is 15.0. The van der Waals surface area contributed by atoms with E-state index in [2.05, 4.69) is 16.3 Å². The predicted octanol–water partition coefficient (Wildman–Crippen LogP) is 1.68. The van der Waals surface area contributed by atoms with Crippen LogP contribution in [0.3, 0.4) is 0 Å². The number of anilines is 1. The lowest BCUT2D eigenvalue weighted by molar-refractivity contribution is -0.145. The Hall–Kier alpha value is -1.99. The number of hydrogen-bond donors (Lipinski definition) is 1. The molecular formula is C18H27N3O4. The zero-order chi connectivity index (χ0) is 17.7. The van der Waals surface area contributed by atoms with Crippen LogP contribution in [-0.4, -0.2) is 69.8 Å². The van der Waals surface area contributed by atoms with Gasteiger partial charge in [0, 0.05) is 39.1 Å². The maximum atomic E-state index is 12.3. The fourth-order valence-electron chi connectivity index (χ4n) is 3.25. The molecule has 0 atom stereocenters. The number of para-hydroxylation sites is 2. The van der Waals surface area contributed by atoms with Gasteiger partial charge in [-0.25, -0.2) is 4.79 Å². The molecular weight excluding hydrogens is 322 g/mol. The van der Waals surface area contributed by atoms with E-state index in [4.69, 9.17) is 14.2 Å². The number of nitrogens with one attached hydrogen (secondary N) is 1. The highest BCUT2D eigenvalue weighted by Gasteiger charge is 2.31. The molecule has 0 unspecified atom stereocenters. The summed E-state index contributed by atoms with van der Waals surface area (Å²) in [6.07, 6.45) is 0.653. The fraction of sp³-hybridized carbons (Fsp3) is 0.611. The van der Waals surface area contributed by atoms with Crippen molar-refractivity contribution in [3.63, 3.8) is 0 Å². The topological polar surface area (TPSA) is 63.3 Å². The maximum absolute atomic E-state index is 12.3. The van der Waals surface area contributed by atoms with Crippen molar-refractivity contribution in [2.75, 3.05) is 57.9 Å². The Kier molecular flexibility index (Phi) is 5.65. The van der Waals surface area contributed by atoms with Gasteiger partial charge in [0.1, 0.15) is 5.75 Å². The van der Waals surface area contributed by atoms with Crippen molar-refractivity contribution in [1.29, 1.82) is 0 Å². The first-order chi connectivity index (χ1) is 12.1. The van der Waals surface area contributed by atoms with E-state index >= 15 is 0 Å². The van der Waals surface area contributed by atoms with Gasteiger partial charge < -0.3 is 29.3 Å². The smallest absolute Gasteiger partial charge is 0.317 e. The SMILES string of the molecule is COc1ccccc1N1CCN(C(=O)NCCC2(C)OCCO2)CC1. The number of ether oxygens (including phenoxy) is 3. The minimum Gasteiger partial charge on any atom is -0.495 e. The van der Waals surface area contributed by atoms with Crippen LogP contribution in [0.15, 0.2) is 24.3 Å². The summed E-state index contributed by atoms with van der Waals surface area (Å²) < 4.78 is 16.5. The number of amides is 2. The first-order valence-electron chi connectivity index (χ1n) is 8.80. The summed E-state index contributed by atoms with van der Waals surface area (Å²) in [6, 6.07) is 7.95. The quantitative estimate of drug-likeness (QED) is 0.876. The van der Waals surface area contributed by atoms with Crippen LogP contribution in [-0.2, 0) is 9.47 Å². The third kappa shape index (κ3) is 4.35. The molecule has 0 spiro atoms. The zero-order valence-corrected chi connectivity index (χ0v) is 15.0. The van der Waals surface area contributed by atoms with Gasteiger partial charge in [-0.2, -0.15) is 0 Å². The van der Waals surface area contributed by atoms with E-state index in [-0.39, 0.29) is 6.03 Å². The second-order valence-electron chi connectivity index (χ2n) is 6.46. The Morgan fingerprint density at radius 1 is 1.20 bits per heavy atom. The third-order valence-corrected chi connectivity index (χ3v) is 4.75. The van der Waals surface area contributed by atoms with Gasteiger partial charge in [-0.15, -0.1) is 0 Å². The Morgan fingerprint density at radius 3 is 2.56 bits per heavy atom. The largest absolute Gasteiger partial charge is 0.495 e. The van der Waals surface area contributed by atoms with Crippen LogP contribution in [0, 0.1) is 0 Å². The van der Waals surface area contributed by atoms with E-state index in [9.17, 15) is 4.79 Å². The fourth-order valence-corrected chi connectivity index (χ4v) is 3.25. The summed E-state index contributed by atoms with van der Waals surface area (Å²) in [5.74, 6) is 0.306. The van der Waals surface area contributed by atoms with Gasteiger partial charge in [0.15, 0.2) is 5.79 Å². The molecule has 3 rings (SSSR count). The highest BCUT2D eigenvalue weighted by molar-refractivity contribution is 5.74. The standard InChI is InChI=1S/C18H27N3O4/c1-18(24-13-14-25-18)7-8-19-17(22)21-11-9-20(10-12-21)15-5-3-4-6-16(15)23-2/h3-6H,7-14H2,1-2H3,(H,19,22). The predicted molar refractivity (Wildman–Crippen MR) is 95.1 cm³/mol. The molecule has 25 heavy (non-hydrogen) atoms. The minimum atomic E-state index is -0.560. The highest BCUT2D eigenvalue weighted by Crippen LogP contribution is 2.28. The number of nitrogens with zero attached hydrogens (tertiary/aromatic N) is 2. The highest BCUT2D eigenvalue weighted by atomic mass is 16.7. The lowest BCUT2D eigenvalue weighted by Crippen LogP contribution is -2.52. The Balaban J connectivity index is 1.44. The van der Waals surface area contributed by atoms with E-state index < -0.39 is 5.79 Å². The number of urea groups is 1. The second kappa shape index (κ2) is 7.93. The van der Waals surface area contributed by atoms with Crippen molar-refractivity contribution >= 4 is 11.7 Å². The molecule has 1 N–H and O–H groups in total. The molecule has 0 aromatic heterocycles. The number of rotatable bonds is 5. The van der Waals surface area contributed by atoms with Crippen LogP contribution in [0.5, 0.6) is 5.75 Å². The number of benzene rings is 1. The van der Waals surface area contributed by atoms with Crippen LogP contribution in [0.4, 0.5) is 10.5 Å². The van der Waals surface area contributed by atoms with Crippen LogP contribution in [0.1, 0.15) is 13.3 Å². The van der Waals surface area contributed by atoms with Crippen molar-refractivity contribution in [3.8, 4) is 5.75 Å². The number of methoxy groups -OCH3 is 1. The van der Waals surface area contributed by atoms with Crippen LogP contribution in [0.25, 0.3) is 0 Å². The molecule has 2 saturated heterocycles. The summed E-state index contributed by atoms with van der Waals surface area (Å²) in [5, 5.41) is 2.97. The number of carbonyl (C=O) groups is 1. The molecule has 1 aromatic rings. The summed E-state index contributed by atoms with van der Waals surface area (Å²) in [6.45, 7) is 6.66. The molecule has 1 aromatic carbocycles. The minimum absolute atomic E-state index is 0.0266. The van der Waals surface area contributed by atoms with Gasteiger partial charge in [-0.3, -0.25) is 0 Å². The first kappa shape index (κ1) is 17.8. The van der Waals surface area contributed by atoms with Crippen molar-refractivity contribution in [2.45, 2.75) is 19.1 Å². The Bertz CT molecular complexity index is 581. The van der Waals surface area contributed by atoms with Crippen LogP contribution >= 0.6 is 0 Å². The van der Waals surface area contributed by atoms with Gasteiger partial charge in [-0.05, 0) is 19.1 Å². The van der Waals surface area contributed by atoms with Gasteiger partial charge in [0.05, 0.1) is 26.0 Å². The molecule has 2 aliphatic rings. The molecule has 0 aliphatic carbocycles. The summed E-state index contributed by atoms with van der Waals surface area (Å²) >= 11 is 0. The first-order valence-corrected chi connectivity index (χ1v) is 8.80. The van der Waals surface area contributed by atoms with Crippen molar-refractivity contribution in [1.82, 2.24) is 10.2 Å². The molecule has 2 aliphatic heterocycles. The summed E-state index contributed by atoms with van der Waals surface area (Å²) in [7, 11) is 1.68.